The SMILES string of the molecule is CC1=C[C@](C)(c2cccc(F)c2F)C(C(C)C)CC1. The molecular formula is C17H22F2. The molecule has 0 radical (unpaired) electrons. The van der Waals surface area contributed by atoms with E-state index in [-0.39, 0.29) is 0 Å². The maximum atomic E-state index is 14.2. The van der Waals surface area contributed by atoms with Gasteiger partial charge in [0.15, 0.2) is 11.6 Å². The molecule has 104 valence electrons. The molecule has 0 fully saturated rings. The van der Waals surface area contributed by atoms with Gasteiger partial charge in [-0.25, -0.2) is 8.78 Å². The van der Waals surface area contributed by atoms with Crippen molar-refractivity contribution in [3.63, 3.8) is 0 Å². The molecule has 0 heterocycles. The van der Waals surface area contributed by atoms with Crippen molar-refractivity contribution in [1.82, 2.24) is 0 Å². The topological polar surface area (TPSA) is 0 Å². The molecule has 1 aromatic carbocycles. The Morgan fingerprint density at radius 2 is 1.95 bits per heavy atom. The zero-order valence-corrected chi connectivity index (χ0v) is 12.1. The molecule has 0 bridgehead atoms. The number of halogens is 2. The van der Waals surface area contributed by atoms with Gasteiger partial charge in [0, 0.05) is 11.0 Å². The van der Waals surface area contributed by atoms with Gasteiger partial charge in [0.25, 0.3) is 0 Å². The molecule has 2 heteroatoms. The van der Waals surface area contributed by atoms with Crippen LogP contribution in [0.5, 0.6) is 0 Å². The van der Waals surface area contributed by atoms with E-state index >= 15 is 0 Å². The van der Waals surface area contributed by atoms with Crippen molar-refractivity contribution in [3.05, 3.63) is 47.0 Å². The first kappa shape index (κ1) is 14.2. The Bertz CT molecular complexity index is 502. The van der Waals surface area contributed by atoms with Crippen molar-refractivity contribution in [2.75, 3.05) is 0 Å². The number of hydrogen-bond donors (Lipinski definition) is 0. The Balaban J connectivity index is 2.59. The highest BCUT2D eigenvalue weighted by atomic mass is 19.2. The molecule has 0 nitrogen and oxygen atoms in total. The molecule has 0 aromatic heterocycles. The third kappa shape index (κ3) is 2.45. The summed E-state index contributed by atoms with van der Waals surface area (Å²) in [6, 6.07) is 4.52. The molecule has 0 amide bonds. The average molecular weight is 264 g/mol. The highest BCUT2D eigenvalue weighted by Gasteiger charge is 2.40. The van der Waals surface area contributed by atoms with Crippen LogP contribution in [0.15, 0.2) is 29.8 Å². The summed E-state index contributed by atoms with van der Waals surface area (Å²) in [5.74, 6) is -0.663. The van der Waals surface area contributed by atoms with Gasteiger partial charge in [0.05, 0.1) is 0 Å². The molecule has 1 unspecified atom stereocenters. The van der Waals surface area contributed by atoms with E-state index in [0.29, 0.717) is 17.4 Å². The maximum Gasteiger partial charge on any atom is 0.162 e. The molecule has 0 N–H and O–H groups in total. The van der Waals surface area contributed by atoms with Crippen molar-refractivity contribution < 1.29 is 8.78 Å². The van der Waals surface area contributed by atoms with Crippen LogP contribution >= 0.6 is 0 Å². The normalized spacial score (nSPS) is 27.5. The zero-order chi connectivity index (χ0) is 14.2. The van der Waals surface area contributed by atoms with E-state index in [1.807, 2.05) is 6.92 Å². The first-order valence-corrected chi connectivity index (χ1v) is 6.99. The summed E-state index contributed by atoms with van der Waals surface area (Å²) in [5.41, 5.74) is 1.34. The standard InChI is InChI=1S/C17H22F2/c1-11(2)13-9-8-12(3)10-17(13,4)14-6-5-7-15(18)16(14)19/h5-7,10-11,13H,8-9H2,1-4H3/t13?,17-/m0/s1. The molecule has 19 heavy (non-hydrogen) atoms. The zero-order valence-electron chi connectivity index (χ0n) is 12.1. The highest BCUT2D eigenvalue weighted by Crippen LogP contribution is 2.46. The van der Waals surface area contributed by atoms with Crippen LogP contribution in [0.3, 0.4) is 0 Å². The van der Waals surface area contributed by atoms with Gasteiger partial charge in [-0.3, -0.25) is 0 Å². The lowest BCUT2D eigenvalue weighted by Gasteiger charge is -2.42. The second-order valence-corrected chi connectivity index (χ2v) is 6.26. The molecule has 2 rings (SSSR count). The summed E-state index contributed by atoms with van der Waals surface area (Å²) in [6.07, 6.45) is 4.22. The van der Waals surface area contributed by atoms with Crippen LogP contribution in [0.4, 0.5) is 8.78 Å². The Hall–Kier alpha value is -1.18. The number of hydrogen-bond acceptors (Lipinski definition) is 0. The van der Waals surface area contributed by atoms with Gasteiger partial charge >= 0.3 is 0 Å². The lowest BCUT2D eigenvalue weighted by atomic mass is 9.62. The molecule has 0 spiro atoms. The van der Waals surface area contributed by atoms with Crippen molar-refractivity contribution in [2.45, 2.75) is 46.0 Å². The highest BCUT2D eigenvalue weighted by molar-refractivity contribution is 5.36. The Kier molecular flexibility index (Phi) is 3.80. The summed E-state index contributed by atoms with van der Waals surface area (Å²) in [4.78, 5) is 0. The molecular weight excluding hydrogens is 242 g/mol. The van der Waals surface area contributed by atoms with Crippen molar-refractivity contribution >= 4 is 0 Å². The Morgan fingerprint density at radius 1 is 1.26 bits per heavy atom. The van der Waals surface area contributed by atoms with Crippen LogP contribution in [-0.4, -0.2) is 0 Å². The smallest absolute Gasteiger partial charge is 0.162 e. The van der Waals surface area contributed by atoms with Gasteiger partial charge in [-0.05, 0) is 37.7 Å². The van der Waals surface area contributed by atoms with E-state index in [2.05, 4.69) is 26.8 Å². The first-order chi connectivity index (χ1) is 8.86. The fourth-order valence-electron chi connectivity index (χ4n) is 3.60. The summed E-state index contributed by atoms with van der Waals surface area (Å²) in [7, 11) is 0. The minimum atomic E-state index is -0.752. The van der Waals surface area contributed by atoms with Gasteiger partial charge in [-0.1, -0.05) is 44.6 Å². The second-order valence-electron chi connectivity index (χ2n) is 6.26. The monoisotopic (exact) mass is 264 g/mol. The van der Waals surface area contributed by atoms with E-state index < -0.39 is 17.0 Å². The predicted molar refractivity (Wildman–Crippen MR) is 75.0 cm³/mol. The average Bonchev–Trinajstić information content (AvgIpc) is 2.31. The molecule has 0 aliphatic heterocycles. The van der Waals surface area contributed by atoms with Crippen LogP contribution in [0.25, 0.3) is 0 Å². The quantitative estimate of drug-likeness (QED) is 0.641. The fraction of sp³-hybridized carbons (Fsp3) is 0.529. The molecule has 0 saturated carbocycles. The molecule has 2 atom stereocenters. The van der Waals surface area contributed by atoms with E-state index in [9.17, 15) is 8.78 Å². The number of rotatable bonds is 2. The minimum Gasteiger partial charge on any atom is -0.204 e. The van der Waals surface area contributed by atoms with Gasteiger partial charge in [-0.2, -0.15) is 0 Å². The van der Waals surface area contributed by atoms with Crippen molar-refractivity contribution in [2.24, 2.45) is 11.8 Å². The van der Waals surface area contributed by atoms with Gasteiger partial charge in [0.1, 0.15) is 0 Å². The number of benzene rings is 1. The second kappa shape index (κ2) is 5.07. The lowest BCUT2D eigenvalue weighted by Crippen LogP contribution is -2.37. The van der Waals surface area contributed by atoms with Gasteiger partial charge < -0.3 is 0 Å². The summed E-state index contributed by atoms with van der Waals surface area (Å²) < 4.78 is 27.7. The van der Waals surface area contributed by atoms with Crippen molar-refractivity contribution in [3.8, 4) is 0 Å². The predicted octanol–water partition coefficient (Wildman–Crippen LogP) is 5.23. The number of allylic oxidation sites excluding steroid dienone is 2. The van der Waals surface area contributed by atoms with E-state index in [4.69, 9.17) is 0 Å². The minimum absolute atomic E-state index is 0.340. The van der Waals surface area contributed by atoms with E-state index in [1.54, 1.807) is 12.1 Å². The Labute approximate surface area is 114 Å². The summed E-state index contributed by atoms with van der Waals surface area (Å²) in [5, 5.41) is 0. The first-order valence-electron chi connectivity index (χ1n) is 6.99. The van der Waals surface area contributed by atoms with Crippen LogP contribution < -0.4 is 0 Å². The van der Waals surface area contributed by atoms with E-state index in [1.165, 1.54) is 11.6 Å². The van der Waals surface area contributed by atoms with Crippen LogP contribution in [-0.2, 0) is 5.41 Å². The fourth-order valence-corrected chi connectivity index (χ4v) is 3.60. The summed E-state index contributed by atoms with van der Waals surface area (Å²) in [6.45, 7) is 8.44. The van der Waals surface area contributed by atoms with Crippen LogP contribution in [0, 0.1) is 23.5 Å². The Morgan fingerprint density at radius 3 is 2.58 bits per heavy atom. The van der Waals surface area contributed by atoms with Crippen LogP contribution in [0.1, 0.15) is 46.1 Å². The maximum absolute atomic E-state index is 14.2. The molecule has 1 aromatic rings. The van der Waals surface area contributed by atoms with Gasteiger partial charge in [-0.15, -0.1) is 0 Å². The largest absolute Gasteiger partial charge is 0.204 e. The molecule has 0 saturated heterocycles. The lowest BCUT2D eigenvalue weighted by molar-refractivity contribution is 0.230. The van der Waals surface area contributed by atoms with Crippen LogP contribution in [0.2, 0.25) is 0 Å². The van der Waals surface area contributed by atoms with Gasteiger partial charge in [0.2, 0.25) is 0 Å². The third-order valence-electron chi connectivity index (χ3n) is 4.50. The molecule has 1 aliphatic rings. The summed E-state index contributed by atoms with van der Waals surface area (Å²) >= 11 is 0. The third-order valence-corrected chi connectivity index (χ3v) is 4.50. The van der Waals surface area contributed by atoms with E-state index in [0.717, 1.165) is 12.8 Å². The van der Waals surface area contributed by atoms with Crippen molar-refractivity contribution in [1.29, 1.82) is 0 Å². The molecule has 1 aliphatic carbocycles.